The maximum Gasteiger partial charge on any atom is 0.256 e. The molecule has 0 atom stereocenters. The normalized spacial score (nSPS) is 11.2. The number of halogens is 5. The molecular formula is C21H13F5N4O. The molecule has 0 aliphatic carbocycles. The lowest BCUT2D eigenvalue weighted by atomic mass is 10.0. The first kappa shape index (κ1) is 20.5. The molecule has 0 saturated heterocycles. The largest absolute Gasteiger partial charge is 0.317 e. The van der Waals surface area contributed by atoms with Gasteiger partial charge < -0.3 is 5.32 Å². The van der Waals surface area contributed by atoms with Crippen LogP contribution in [0.2, 0.25) is 0 Å². The molecule has 0 aliphatic heterocycles. The van der Waals surface area contributed by atoms with E-state index in [0.29, 0.717) is 27.9 Å². The molecule has 0 fully saturated rings. The van der Waals surface area contributed by atoms with Crippen molar-refractivity contribution in [3.8, 4) is 11.3 Å². The molecule has 4 rings (SSSR count). The van der Waals surface area contributed by atoms with Crippen LogP contribution in [-0.4, -0.2) is 20.7 Å². The smallest absolute Gasteiger partial charge is 0.256 e. The molecule has 0 aliphatic rings. The molecule has 10 heteroatoms. The minimum absolute atomic E-state index is 0.0622. The van der Waals surface area contributed by atoms with Crippen LogP contribution in [0, 0.1) is 36.0 Å². The third-order valence-electron chi connectivity index (χ3n) is 4.70. The molecule has 1 amide bonds. The van der Waals surface area contributed by atoms with Gasteiger partial charge >= 0.3 is 0 Å². The van der Waals surface area contributed by atoms with Crippen LogP contribution in [0.15, 0.2) is 36.5 Å². The molecule has 5 nitrogen and oxygen atoms in total. The van der Waals surface area contributed by atoms with Gasteiger partial charge in [-0.25, -0.2) is 26.9 Å². The monoisotopic (exact) mass is 432 g/mol. The molecule has 0 radical (unpaired) electrons. The van der Waals surface area contributed by atoms with Crippen LogP contribution in [0.25, 0.3) is 22.2 Å². The predicted molar refractivity (Wildman–Crippen MR) is 103 cm³/mol. The standard InChI is InChI=1S/C21H13F5N4O/c1-9-12(8-30(2)29-9)14-7-11(10-5-3-4-6-13(10)27-14)21(31)28-20-18(25)16(23)15(22)17(24)19(20)26/h3-8H,1-2H3,(H,28,31). The van der Waals surface area contributed by atoms with E-state index >= 15 is 0 Å². The maximum atomic E-state index is 14.0. The van der Waals surface area contributed by atoms with Gasteiger partial charge in [0.25, 0.3) is 5.91 Å². The van der Waals surface area contributed by atoms with Crippen molar-refractivity contribution in [3.63, 3.8) is 0 Å². The van der Waals surface area contributed by atoms with Crippen molar-refractivity contribution in [1.29, 1.82) is 0 Å². The van der Waals surface area contributed by atoms with E-state index < -0.39 is 40.7 Å². The lowest BCUT2D eigenvalue weighted by Crippen LogP contribution is -2.17. The predicted octanol–water partition coefficient (Wildman–Crippen LogP) is 4.89. The Balaban J connectivity index is 1.87. The Morgan fingerprint density at radius 2 is 1.58 bits per heavy atom. The summed E-state index contributed by atoms with van der Waals surface area (Å²) in [7, 11) is 1.70. The Hall–Kier alpha value is -3.82. The fourth-order valence-electron chi connectivity index (χ4n) is 3.25. The van der Waals surface area contributed by atoms with Gasteiger partial charge in [0, 0.05) is 24.2 Å². The molecule has 1 N–H and O–H groups in total. The van der Waals surface area contributed by atoms with Crippen LogP contribution in [0.5, 0.6) is 0 Å². The SMILES string of the molecule is Cc1nn(C)cc1-c1cc(C(=O)Nc2c(F)c(F)c(F)c(F)c2F)c2ccccc2n1. The summed E-state index contributed by atoms with van der Waals surface area (Å²) >= 11 is 0. The first-order chi connectivity index (χ1) is 14.7. The Bertz CT molecular complexity index is 1340. The number of rotatable bonds is 3. The Morgan fingerprint density at radius 1 is 0.968 bits per heavy atom. The second-order valence-electron chi connectivity index (χ2n) is 6.77. The van der Waals surface area contributed by atoms with Crippen LogP contribution >= 0.6 is 0 Å². The third-order valence-corrected chi connectivity index (χ3v) is 4.70. The highest BCUT2D eigenvalue weighted by molar-refractivity contribution is 6.13. The number of carbonyl (C=O) groups excluding carboxylic acids is 1. The number of fused-ring (bicyclic) bond motifs is 1. The van der Waals surface area contributed by atoms with E-state index in [9.17, 15) is 26.7 Å². The van der Waals surface area contributed by atoms with Gasteiger partial charge in [-0.3, -0.25) is 9.48 Å². The highest BCUT2D eigenvalue weighted by atomic mass is 19.2. The summed E-state index contributed by atoms with van der Waals surface area (Å²) in [6.07, 6.45) is 1.68. The highest BCUT2D eigenvalue weighted by Crippen LogP contribution is 2.30. The van der Waals surface area contributed by atoms with Gasteiger partial charge in [0.2, 0.25) is 5.82 Å². The molecular weight excluding hydrogens is 419 g/mol. The zero-order valence-electron chi connectivity index (χ0n) is 16.1. The molecule has 2 aromatic carbocycles. The number of carbonyl (C=O) groups is 1. The number of nitrogens with zero attached hydrogens (tertiary/aromatic N) is 3. The van der Waals surface area contributed by atoms with Crippen molar-refractivity contribution >= 4 is 22.5 Å². The molecule has 0 saturated carbocycles. The first-order valence-electron chi connectivity index (χ1n) is 8.92. The van der Waals surface area contributed by atoms with Crippen molar-refractivity contribution in [1.82, 2.24) is 14.8 Å². The van der Waals surface area contributed by atoms with E-state index in [2.05, 4.69) is 10.1 Å². The van der Waals surface area contributed by atoms with Crippen molar-refractivity contribution in [2.45, 2.75) is 6.92 Å². The van der Waals surface area contributed by atoms with Gasteiger partial charge in [0.15, 0.2) is 23.3 Å². The number of aryl methyl sites for hydroxylation is 2. The second kappa shape index (κ2) is 7.46. The first-order valence-corrected chi connectivity index (χ1v) is 8.92. The van der Waals surface area contributed by atoms with Crippen molar-refractivity contribution in [3.05, 3.63) is 76.9 Å². The van der Waals surface area contributed by atoms with Gasteiger partial charge in [-0.05, 0) is 19.1 Å². The minimum Gasteiger partial charge on any atom is -0.317 e. The number of pyridine rings is 1. The summed E-state index contributed by atoms with van der Waals surface area (Å²) in [5.41, 5.74) is 0.488. The topological polar surface area (TPSA) is 59.8 Å². The number of hydrogen-bond acceptors (Lipinski definition) is 3. The summed E-state index contributed by atoms with van der Waals surface area (Å²) < 4.78 is 69.9. The summed E-state index contributed by atoms with van der Waals surface area (Å²) in [5.74, 6) is -11.9. The minimum atomic E-state index is -2.31. The van der Waals surface area contributed by atoms with Crippen LogP contribution in [0.4, 0.5) is 27.6 Å². The number of aromatic nitrogens is 3. The maximum absolute atomic E-state index is 14.0. The number of amides is 1. The molecule has 0 bridgehead atoms. The van der Waals surface area contributed by atoms with E-state index in [1.165, 1.54) is 6.07 Å². The summed E-state index contributed by atoms with van der Waals surface area (Å²) in [6, 6.07) is 7.85. The number of nitrogens with one attached hydrogen (secondary N) is 1. The summed E-state index contributed by atoms with van der Waals surface area (Å²) in [4.78, 5) is 17.4. The lowest BCUT2D eigenvalue weighted by Gasteiger charge is -2.12. The second-order valence-corrected chi connectivity index (χ2v) is 6.77. The number of para-hydroxylation sites is 1. The molecule has 0 unspecified atom stereocenters. The van der Waals surface area contributed by atoms with E-state index in [-0.39, 0.29) is 5.56 Å². The molecule has 2 aromatic heterocycles. The number of benzene rings is 2. The van der Waals surface area contributed by atoms with Crippen LogP contribution in [-0.2, 0) is 7.05 Å². The molecule has 158 valence electrons. The van der Waals surface area contributed by atoms with E-state index in [0.717, 1.165) is 0 Å². The average Bonchev–Trinajstić information content (AvgIpc) is 3.10. The molecule has 2 heterocycles. The van der Waals surface area contributed by atoms with E-state index in [4.69, 9.17) is 0 Å². The zero-order chi connectivity index (χ0) is 22.4. The van der Waals surface area contributed by atoms with E-state index in [1.807, 2.05) is 5.32 Å². The molecule has 0 spiro atoms. The lowest BCUT2D eigenvalue weighted by molar-refractivity contribution is 0.102. The fraction of sp³-hybridized carbons (Fsp3) is 0.0952. The van der Waals surface area contributed by atoms with Gasteiger partial charge in [-0.1, -0.05) is 18.2 Å². The third kappa shape index (κ3) is 3.39. The summed E-state index contributed by atoms with van der Waals surface area (Å²) in [6.45, 7) is 1.74. The summed E-state index contributed by atoms with van der Waals surface area (Å²) in [5, 5.41) is 6.36. The van der Waals surface area contributed by atoms with Crippen molar-refractivity contribution in [2.24, 2.45) is 7.05 Å². The highest BCUT2D eigenvalue weighted by Gasteiger charge is 2.27. The quantitative estimate of drug-likeness (QED) is 0.285. The van der Waals surface area contributed by atoms with Gasteiger partial charge in [-0.15, -0.1) is 0 Å². The molecule has 4 aromatic rings. The number of hydrogen-bond donors (Lipinski definition) is 1. The Labute approximate surface area is 172 Å². The van der Waals surface area contributed by atoms with Gasteiger partial charge in [0.05, 0.1) is 22.5 Å². The van der Waals surface area contributed by atoms with Gasteiger partial charge in [0.1, 0.15) is 5.69 Å². The average molecular weight is 432 g/mol. The molecule has 31 heavy (non-hydrogen) atoms. The van der Waals surface area contributed by atoms with Crippen LogP contribution < -0.4 is 5.32 Å². The van der Waals surface area contributed by atoms with Crippen LogP contribution in [0.3, 0.4) is 0 Å². The van der Waals surface area contributed by atoms with E-state index in [1.54, 1.807) is 49.1 Å². The Morgan fingerprint density at radius 3 is 2.19 bits per heavy atom. The van der Waals surface area contributed by atoms with Crippen LogP contribution in [0.1, 0.15) is 16.1 Å². The Kier molecular flexibility index (Phi) is 4.92. The van der Waals surface area contributed by atoms with Gasteiger partial charge in [-0.2, -0.15) is 5.10 Å². The zero-order valence-corrected chi connectivity index (χ0v) is 16.1. The van der Waals surface area contributed by atoms with Crippen molar-refractivity contribution in [2.75, 3.05) is 5.32 Å². The number of anilines is 1. The fourth-order valence-corrected chi connectivity index (χ4v) is 3.25. The van der Waals surface area contributed by atoms with Crippen molar-refractivity contribution < 1.29 is 26.7 Å².